The van der Waals surface area contributed by atoms with Crippen LogP contribution in [0.2, 0.25) is 11.6 Å². The minimum atomic E-state index is -3.38. The molecule has 0 heterocycles. The molecule has 0 bridgehead atoms. The molecule has 9 nitrogen and oxygen atoms in total. The van der Waals surface area contributed by atoms with Crippen LogP contribution in [-0.2, 0) is 40.2 Å². The van der Waals surface area contributed by atoms with Gasteiger partial charge in [-0.25, -0.2) is 0 Å². The van der Waals surface area contributed by atoms with Crippen LogP contribution in [-0.4, -0.2) is 76.6 Å². The van der Waals surface area contributed by atoms with Crippen LogP contribution in [0.15, 0.2) is 0 Å². The maximum atomic E-state index is 13.5. The second-order valence-electron chi connectivity index (χ2n) is 6.75. The lowest BCUT2D eigenvalue weighted by atomic mass is 10.4. The van der Waals surface area contributed by atoms with Gasteiger partial charge in [0, 0.05) is 51.2 Å². The van der Waals surface area contributed by atoms with Crippen LogP contribution in [0, 0.1) is 0 Å². The summed E-state index contributed by atoms with van der Waals surface area (Å²) in [5.41, 5.74) is -0.334. The molecule has 0 aromatic heterocycles. The first-order valence-corrected chi connectivity index (χ1v) is 17.5. The van der Waals surface area contributed by atoms with Gasteiger partial charge >= 0.3 is 25.2 Å². The van der Waals surface area contributed by atoms with Gasteiger partial charge < -0.3 is 35.6 Å². The van der Waals surface area contributed by atoms with E-state index in [1.807, 2.05) is 41.5 Å². The molecule has 0 saturated heterocycles. The van der Waals surface area contributed by atoms with Gasteiger partial charge in [-0.3, -0.25) is 4.57 Å². The van der Waals surface area contributed by atoms with E-state index in [0.29, 0.717) is 52.1 Å². The van der Waals surface area contributed by atoms with E-state index in [4.69, 9.17) is 35.6 Å². The summed E-state index contributed by atoms with van der Waals surface area (Å²) in [6.07, 6.45) is 0.665. The van der Waals surface area contributed by atoms with Gasteiger partial charge in [0.25, 0.3) is 0 Å². The van der Waals surface area contributed by atoms with E-state index < -0.39 is 25.2 Å². The normalized spacial score (nSPS) is 14.1. The van der Waals surface area contributed by atoms with Crippen LogP contribution < -0.4 is 0 Å². The molecule has 0 aliphatic rings. The highest BCUT2D eigenvalue weighted by Crippen LogP contribution is 2.54. The van der Waals surface area contributed by atoms with Crippen LogP contribution in [0.4, 0.5) is 0 Å². The van der Waals surface area contributed by atoms with Crippen molar-refractivity contribution in [1.82, 2.24) is 0 Å². The van der Waals surface area contributed by atoms with E-state index >= 15 is 0 Å². The molecule has 0 rings (SSSR count). The number of hydrogen-bond donors (Lipinski definition) is 0. The lowest BCUT2D eigenvalue weighted by molar-refractivity contribution is 0.0568. The molecule has 0 aromatic rings. The molecule has 0 aliphatic heterocycles. The van der Waals surface area contributed by atoms with Crippen LogP contribution in [0.3, 0.4) is 0 Å². The quantitative estimate of drug-likeness (QED) is 0.143. The van der Waals surface area contributed by atoms with Gasteiger partial charge in [-0.2, -0.15) is 0 Å². The van der Waals surface area contributed by atoms with Gasteiger partial charge in [0.05, 0.1) is 19.4 Å². The maximum Gasteiger partial charge on any atom is 0.504 e. The number of hydrogen-bond acceptors (Lipinski definition) is 9. The summed E-state index contributed by atoms with van der Waals surface area (Å²) in [4.78, 5) is 0. The van der Waals surface area contributed by atoms with Crippen molar-refractivity contribution in [1.29, 1.82) is 0 Å². The van der Waals surface area contributed by atoms with Gasteiger partial charge in [-0.1, -0.05) is 0 Å². The Morgan fingerprint density at radius 2 is 0.969 bits per heavy atom. The van der Waals surface area contributed by atoms with Crippen molar-refractivity contribution < 1.29 is 40.2 Å². The van der Waals surface area contributed by atoms with Crippen LogP contribution in [0.5, 0.6) is 0 Å². The van der Waals surface area contributed by atoms with Crippen molar-refractivity contribution in [2.45, 2.75) is 73.4 Å². The third-order valence-corrected chi connectivity index (χ3v) is 13.7. The third kappa shape index (κ3) is 10.7. The largest absolute Gasteiger partial charge is 0.504 e. The van der Waals surface area contributed by atoms with Crippen molar-refractivity contribution in [3.63, 3.8) is 0 Å². The van der Waals surface area contributed by atoms with Crippen molar-refractivity contribution in [3.05, 3.63) is 0 Å². The highest BCUT2D eigenvalue weighted by molar-refractivity contribution is 7.54. The monoisotopic (exact) mass is 518 g/mol. The van der Waals surface area contributed by atoms with E-state index in [2.05, 4.69) is 0 Å². The molecule has 0 aromatic carbocycles. The Hall–Kier alpha value is 0.344. The van der Waals surface area contributed by atoms with E-state index in [-0.39, 0.29) is 24.9 Å². The standard InChI is InChI=1S/C20H47O9PSi2/c1-9-22-30(21,23-10-2)19-20(32(27-14-6,28-15-7)29-16-8)17-18-31(24-11-3,25-12-4)26-13-5/h20H,9-19H2,1-8H3. The van der Waals surface area contributed by atoms with Crippen LogP contribution in [0.1, 0.15) is 61.8 Å². The first-order chi connectivity index (χ1) is 15.3. The molecule has 0 N–H and O–H groups in total. The van der Waals surface area contributed by atoms with E-state index in [1.165, 1.54) is 0 Å². The lowest BCUT2D eigenvalue weighted by Gasteiger charge is -2.37. The van der Waals surface area contributed by atoms with E-state index in [1.54, 1.807) is 13.8 Å². The molecule has 1 unspecified atom stereocenters. The highest BCUT2D eigenvalue weighted by atomic mass is 31.2. The molecular formula is C20H47O9PSi2. The zero-order chi connectivity index (χ0) is 24.5. The Bertz CT molecular complexity index is 469. The average Bonchev–Trinajstić information content (AvgIpc) is 2.72. The van der Waals surface area contributed by atoms with E-state index in [9.17, 15) is 4.57 Å². The summed E-state index contributed by atoms with van der Waals surface area (Å²) >= 11 is 0. The first kappa shape index (κ1) is 32.3. The van der Waals surface area contributed by atoms with Crippen molar-refractivity contribution in [3.8, 4) is 0 Å². The predicted molar refractivity (Wildman–Crippen MR) is 130 cm³/mol. The maximum absolute atomic E-state index is 13.5. The van der Waals surface area contributed by atoms with Crippen molar-refractivity contribution in [2.24, 2.45) is 0 Å². The lowest BCUT2D eigenvalue weighted by Crippen LogP contribution is -2.53. The summed E-state index contributed by atoms with van der Waals surface area (Å²) in [5, 5.41) is 0. The second-order valence-corrected chi connectivity index (χ2v) is 14.5. The molecule has 0 saturated carbocycles. The van der Waals surface area contributed by atoms with Gasteiger partial charge in [-0.15, -0.1) is 0 Å². The molecule has 1 atom stereocenters. The minimum absolute atomic E-state index is 0.135. The molecule has 0 aliphatic carbocycles. The van der Waals surface area contributed by atoms with Gasteiger partial charge in [0.2, 0.25) is 0 Å². The van der Waals surface area contributed by atoms with Gasteiger partial charge in [0.15, 0.2) is 0 Å². The van der Waals surface area contributed by atoms with Gasteiger partial charge in [-0.05, 0) is 61.8 Å². The smallest absolute Gasteiger partial charge is 0.374 e. The summed E-state index contributed by atoms with van der Waals surface area (Å²) < 4.78 is 61.4. The Morgan fingerprint density at radius 3 is 1.28 bits per heavy atom. The fourth-order valence-corrected chi connectivity index (χ4v) is 12.6. The van der Waals surface area contributed by atoms with Crippen molar-refractivity contribution >= 4 is 25.2 Å². The molecular weight excluding hydrogens is 471 g/mol. The zero-order valence-corrected chi connectivity index (χ0v) is 24.4. The highest BCUT2D eigenvalue weighted by Gasteiger charge is 2.54. The molecule has 12 heteroatoms. The summed E-state index contributed by atoms with van der Waals surface area (Å²) in [6.45, 7) is 18.4. The Balaban J connectivity index is 6.18. The zero-order valence-electron chi connectivity index (χ0n) is 21.5. The fourth-order valence-electron chi connectivity index (χ4n) is 3.62. The molecule has 32 heavy (non-hydrogen) atoms. The Morgan fingerprint density at radius 1 is 0.594 bits per heavy atom. The summed E-state index contributed by atoms with van der Waals surface area (Å²) in [7, 11) is -9.56. The average molecular weight is 519 g/mol. The molecule has 0 amide bonds. The Kier molecular flexibility index (Phi) is 17.9. The SMILES string of the molecule is CCO[Si](CCC(CP(=O)(OCC)OCC)[Si](OCC)(OCC)OCC)(OCC)OCC. The Labute approximate surface area is 198 Å². The third-order valence-electron chi connectivity index (χ3n) is 4.52. The molecule has 0 radical (unpaired) electrons. The topological polar surface area (TPSA) is 90.9 Å². The first-order valence-electron chi connectivity index (χ1n) is 12.0. The fraction of sp³-hybridized carbons (Fsp3) is 1.00. The summed E-state index contributed by atoms with van der Waals surface area (Å²) in [5.74, 6) is 0. The predicted octanol–water partition coefficient (Wildman–Crippen LogP) is 5.11. The second kappa shape index (κ2) is 17.7. The molecule has 0 spiro atoms. The number of rotatable bonds is 22. The summed E-state index contributed by atoms with van der Waals surface area (Å²) in [6, 6.07) is 0.521. The van der Waals surface area contributed by atoms with Crippen LogP contribution >= 0.6 is 7.60 Å². The van der Waals surface area contributed by atoms with E-state index in [0.717, 1.165) is 0 Å². The van der Waals surface area contributed by atoms with Crippen LogP contribution in [0.25, 0.3) is 0 Å². The minimum Gasteiger partial charge on any atom is -0.374 e. The molecule has 0 fully saturated rings. The van der Waals surface area contributed by atoms with Gasteiger partial charge in [0.1, 0.15) is 0 Å². The van der Waals surface area contributed by atoms with Crippen molar-refractivity contribution in [2.75, 3.05) is 59.0 Å². The molecule has 194 valence electrons.